The molecule has 8 heteroatoms. The summed E-state index contributed by atoms with van der Waals surface area (Å²) in [6.07, 6.45) is -1.12. The maximum Gasteiger partial charge on any atom is 0.435 e. The summed E-state index contributed by atoms with van der Waals surface area (Å²) in [5.74, 6) is 0. The van der Waals surface area contributed by atoms with Crippen LogP contribution in [0.5, 0.6) is 0 Å². The molecule has 0 N–H and O–H groups in total. The van der Waals surface area contributed by atoms with Gasteiger partial charge >= 0.3 is 6.18 Å². The summed E-state index contributed by atoms with van der Waals surface area (Å²) in [6.45, 7) is 0.149. The minimum Gasteiger partial charge on any atom is -0.268 e. The Morgan fingerprint density at radius 1 is 1.33 bits per heavy atom. The lowest BCUT2D eigenvalue weighted by molar-refractivity contribution is -0.400. The van der Waals surface area contributed by atoms with Crippen molar-refractivity contribution in [1.82, 2.24) is 9.78 Å². The summed E-state index contributed by atoms with van der Waals surface area (Å²) in [6, 6.07) is 7.58. The molecule has 0 amide bonds. The maximum absolute atomic E-state index is 12.4. The maximum atomic E-state index is 12.4. The predicted octanol–water partition coefficient (Wildman–Crippen LogP) is 3.20. The number of halogens is 3. The van der Waals surface area contributed by atoms with E-state index in [-0.39, 0.29) is 6.54 Å². The Balaban J connectivity index is 2.15. The van der Waals surface area contributed by atoms with E-state index in [1.165, 1.54) is 17.0 Å². The van der Waals surface area contributed by atoms with E-state index in [1.807, 2.05) is 0 Å². The highest BCUT2D eigenvalue weighted by atomic mass is 19.4. The van der Waals surface area contributed by atoms with Crippen LogP contribution in [0.25, 0.3) is 6.08 Å². The van der Waals surface area contributed by atoms with Gasteiger partial charge in [0.1, 0.15) is 0 Å². The standard InChI is InChI=1S/C13H10F3N3O2/c14-13(15,16)12-5-6-18(17-12)9-11-3-1-2-10(8-11)4-7-19(20)21/h1-8H,9H2/b7-4+. The number of nitrogens with zero attached hydrogens (tertiary/aromatic N) is 3. The first-order valence-corrected chi connectivity index (χ1v) is 5.86. The van der Waals surface area contributed by atoms with Gasteiger partial charge in [-0.1, -0.05) is 18.2 Å². The summed E-state index contributed by atoms with van der Waals surface area (Å²) < 4.78 is 38.5. The van der Waals surface area contributed by atoms with Gasteiger partial charge in [0.2, 0.25) is 6.20 Å². The molecule has 0 atom stereocenters. The fraction of sp³-hybridized carbons (Fsp3) is 0.154. The molecule has 0 fully saturated rings. The highest BCUT2D eigenvalue weighted by molar-refractivity contribution is 5.49. The van der Waals surface area contributed by atoms with Gasteiger partial charge in [0.15, 0.2) is 5.69 Å². The van der Waals surface area contributed by atoms with E-state index in [1.54, 1.807) is 24.3 Å². The van der Waals surface area contributed by atoms with Crippen molar-refractivity contribution in [3.05, 3.63) is 69.7 Å². The van der Waals surface area contributed by atoms with Crippen LogP contribution in [0.2, 0.25) is 0 Å². The molecule has 0 saturated heterocycles. The molecule has 5 nitrogen and oxygen atoms in total. The fourth-order valence-corrected chi connectivity index (χ4v) is 1.73. The number of nitro groups is 1. The monoisotopic (exact) mass is 297 g/mol. The topological polar surface area (TPSA) is 61.0 Å². The highest BCUT2D eigenvalue weighted by Gasteiger charge is 2.33. The Kier molecular flexibility index (Phi) is 4.06. The van der Waals surface area contributed by atoms with Crippen LogP contribution in [-0.4, -0.2) is 14.7 Å². The van der Waals surface area contributed by atoms with E-state index in [9.17, 15) is 23.3 Å². The average Bonchev–Trinajstić information content (AvgIpc) is 2.85. The Morgan fingerprint density at radius 2 is 2.10 bits per heavy atom. The summed E-state index contributed by atoms with van der Waals surface area (Å²) >= 11 is 0. The Labute approximate surface area is 117 Å². The second-order valence-electron chi connectivity index (χ2n) is 4.24. The van der Waals surface area contributed by atoms with Gasteiger partial charge in [0.05, 0.1) is 11.5 Å². The van der Waals surface area contributed by atoms with Crippen LogP contribution in [0.3, 0.4) is 0 Å². The van der Waals surface area contributed by atoms with Crippen molar-refractivity contribution >= 4 is 6.08 Å². The Morgan fingerprint density at radius 3 is 2.71 bits per heavy atom. The Bertz CT molecular complexity index is 677. The van der Waals surface area contributed by atoms with Crippen LogP contribution in [0, 0.1) is 10.1 Å². The van der Waals surface area contributed by atoms with Crippen molar-refractivity contribution in [2.45, 2.75) is 12.7 Å². The largest absolute Gasteiger partial charge is 0.435 e. The van der Waals surface area contributed by atoms with Crippen molar-refractivity contribution in [3.8, 4) is 0 Å². The van der Waals surface area contributed by atoms with Crippen molar-refractivity contribution in [3.63, 3.8) is 0 Å². The van der Waals surface area contributed by atoms with Crippen molar-refractivity contribution in [2.24, 2.45) is 0 Å². The number of alkyl halides is 3. The smallest absolute Gasteiger partial charge is 0.268 e. The normalized spacial score (nSPS) is 12.0. The molecule has 110 valence electrons. The molecule has 2 aromatic rings. The lowest BCUT2D eigenvalue weighted by Gasteiger charge is -2.04. The Hall–Kier alpha value is -2.64. The van der Waals surface area contributed by atoms with Gasteiger partial charge < -0.3 is 0 Å². The molecule has 0 aliphatic carbocycles. The molecule has 21 heavy (non-hydrogen) atoms. The van der Waals surface area contributed by atoms with E-state index >= 15 is 0 Å². The van der Waals surface area contributed by atoms with Gasteiger partial charge in [-0.2, -0.15) is 18.3 Å². The first-order valence-electron chi connectivity index (χ1n) is 5.86. The zero-order valence-corrected chi connectivity index (χ0v) is 10.6. The third-order valence-corrected chi connectivity index (χ3v) is 2.62. The zero-order valence-electron chi connectivity index (χ0n) is 10.6. The molecule has 0 bridgehead atoms. The summed E-state index contributed by atoms with van der Waals surface area (Å²) in [5, 5.41) is 13.7. The van der Waals surface area contributed by atoms with Crippen LogP contribution in [-0.2, 0) is 12.7 Å². The van der Waals surface area contributed by atoms with Crippen LogP contribution in [0.1, 0.15) is 16.8 Å². The minimum absolute atomic E-state index is 0.149. The molecule has 0 spiro atoms. The fourth-order valence-electron chi connectivity index (χ4n) is 1.73. The van der Waals surface area contributed by atoms with Crippen molar-refractivity contribution in [1.29, 1.82) is 0 Å². The second kappa shape index (κ2) is 5.78. The lowest BCUT2D eigenvalue weighted by Crippen LogP contribution is -2.08. The number of rotatable bonds is 4. The molecular formula is C13H10F3N3O2. The molecule has 0 unspecified atom stereocenters. The van der Waals surface area contributed by atoms with Crippen LogP contribution >= 0.6 is 0 Å². The highest BCUT2D eigenvalue weighted by Crippen LogP contribution is 2.27. The van der Waals surface area contributed by atoms with Gasteiger partial charge in [-0.3, -0.25) is 14.8 Å². The van der Waals surface area contributed by atoms with E-state index in [2.05, 4.69) is 5.10 Å². The van der Waals surface area contributed by atoms with Gasteiger partial charge in [0, 0.05) is 12.3 Å². The number of hydrogen-bond acceptors (Lipinski definition) is 3. The van der Waals surface area contributed by atoms with Gasteiger partial charge in [-0.15, -0.1) is 0 Å². The third kappa shape index (κ3) is 4.16. The number of benzene rings is 1. The summed E-state index contributed by atoms with van der Waals surface area (Å²) in [7, 11) is 0. The molecule has 1 heterocycles. The second-order valence-corrected chi connectivity index (χ2v) is 4.24. The van der Waals surface area contributed by atoms with E-state index in [4.69, 9.17) is 0 Å². The van der Waals surface area contributed by atoms with E-state index < -0.39 is 16.8 Å². The van der Waals surface area contributed by atoms with Gasteiger partial charge in [-0.05, 0) is 23.3 Å². The lowest BCUT2D eigenvalue weighted by atomic mass is 10.1. The quantitative estimate of drug-likeness (QED) is 0.643. The van der Waals surface area contributed by atoms with Gasteiger partial charge in [0.25, 0.3) is 0 Å². The third-order valence-electron chi connectivity index (χ3n) is 2.62. The van der Waals surface area contributed by atoms with Crippen LogP contribution in [0.15, 0.2) is 42.7 Å². The first-order chi connectivity index (χ1) is 9.84. The minimum atomic E-state index is -4.47. The van der Waals surface area contributed by atoms with E-state index in [0.29, 0.717) is 11.1 Å². The van der Waals surface area contributed by atoms with Crippen LogP contribution < -0.4 is 0 Å². The summed E-state index contributed by atoms with van der Waals surface area (Å²) in [5.41, 5.74) is 0.330. The first kappa shape index (κ1) is 14.8. The molecule has 0 aliphatic heterocycles. The molecule has 1 aromatic carbocycles. The molecule has 2 rings (SSSR count). The van der Waals surface area contributed by atoms with Crippen LogP contribution in [0.4, 0.5) is 13.2 Å². The molecule has 0 radical (unpaired) electrons. The van der Waals surface area contributed by atoms with Gasteiger partial charge in [-0.25, -0.2) is 0 Å². The predicted molar refractivity (Wildman–Crippen MR) is 68.8 cm³/mol. The number of hydrogen-bond donors (Lipinski definition) is 0. The number of aromatic nitrogens is 2. The molecular weight excluding hydrogens is 287 g/mol. The molecule has 0 saturated carbocycles. The van der Waals surface area contributed by atoms with Crippen molar-refractivity contribution in [2.75, 3.05) is 0 Å². The average molecular weight is 297 g/mol. The molecule has 1 aromatic heterocycles. The SMILES string of the molecule is O=[N+]([O-])/C=C/c1cccc(Cn2ccc(C(F)(F)F)n2)c1. The van der Waals surface area contributed by atoms with Crippen molar-refractivity contribution < 1.29 is 18.1 Å². The zero-order chi connectivity index (χ0) is 15.5. The molecule has 0 aliphatic rings. The van der Waals surface area contributed by atoms with E-state index in [0.717, 1.165) is 12.3 Å². The summed E-state index contributed by atoms with van der Waals surface area (Å²) in [4.78, 5) is 9.66.